The van der Waals surface area contributed by atoms with Crippen LogP contribution in [-0.4, -0.2) is 17.1 Å². The number of aromatic nitrogens is 2. The van der Waals surface area contributed by atoms with Crippen molar-refractivity contribution in [2.75, 3.05) is 7.11 Å². The van der Waals surface area contributed by atoms with Crippen molar-refractivity contribution in [3.8, 4) is 0 Å². The Kier molecular flexibility index (Phi) is 2.15. The number of nitrogens with zero attached hydrogens (tertiary/aromatic N) is 1. The van der Waals surface area contributed by atoms with Gasteiger partial charge in [0.1, 0.15) is 11.4 Å². The summed E-state index contributed by atoms with van der Waals surface area (Å²) in [7, 11) is 1.67. The van der Waals surface area contributed by atoms with Crippen molar-refractivity contribution in [2.24, 2.45) is 0 Å². The van der Waals surface area contributed by atoms with Crippen molar-refractivity contribution in [3.05, 3.63) is 27.9 Å². The van der Waals surface area contributed by atoms with Gasteiger partial charge in [-0.2, -0.15) is 0 Å². The van der Waals surface area contributed by atoms with Gasteiger partial charge >= 0.3 is 0 Å². The molecular formula is C10H14N2O2. The summed E-state index contributed by atoms with van der Waals surface area (Å²) >= 11 is 0. The van der Waals surface area contributed by atoms with Gasteiger partial charge in [-0.1, -0.05) is 0 Å². The van der Waals surface area contributed by atoms with Gasteiger partial charge in [0.15, 0.2) is 0 Å². The fraction of sp³-hybridized carbons (Fsp3) is 0.600. The lowest BCUT2D eigenvalue weighted by Crippen LogP contribution is -2.39. The number of H-pyrrole nitrogens is 1. The molecule has 14 heavy (non-hydrogen) atoms. The third-order valence-corrected chi connectivity index (χ3v) is 2.85. The Labute approximate surface area is 82.3 Å². The van der Waals surface area contributed by atoms with Crippen LogP contribution < -0.4 is 5.56 Å². The summed E-state index contributed by atoms with van der Waals surface area (Å²) in [6.07, 6.45) is 3.01. The van der Waals surface area contributed by atoms with Gasteiger partial charge < -0.3 is 9.72 Å². The molecule has 0 radical (unpaired) electrons. The number of hydrogen-bond acceptors (Lipinski definition) is 3. The third kappa shape index (κ3) is 1.35. The average molecular weight is 194 g/mol. The van der Waals surface area contributed by atoms with Crippen molar-refractivity contribution >= 4 is 0 Å². The Bertz CT molecular complexity index is 388. The number of nitrogens with one attached hydrogen (secondary N) is 1. The number of aromatic amines is 1. The summed E-state index contributed by atoms with van der Waals surface area (Å²) in [6.45, 7) is 1.82. The molecule has 0 bridgehead atoms. The molecule has 76 valence electrons. The van der Waals surface area contributed by atoms with E-state index >= 15 is 0 Å². The van der Waals surface area contributed by atoms with Crippen LogP contribution in [0.15, 0.2) is 10.9 Å². The summed E-state index contributed by atoms with van der Waals surface area (Å²) in [6, 6.07) is 1.49. The molecule has 0 aliphatic heterocycles. The van der Waals surface area contributed by atoms with Gasteiger partial charge in [0.05, 0.1) is 0 Å². The molecule has 1 aromatic rings. The van der Waals surface area contributed by atoms with Crippen molar-refractivity contribution in [1.82, 2.24) is 9.97 Å². The van der Waals surface area contributed by atoms with E-state index < -0.39 is 0 Å². The van der Waals surface area contributed by atoms with Crippen LogP contribution in [0, 0.1) is 6.92 Å². The minimum absolute atomic E-state index is 0.101. The largest absolute Gasteiger partial charge is 0.370 e. The van der Waals surface area contributed by atoms with Gasteiger partial charge in [-0.05, 0) is 26.2 Å². The maximum atomic E-state index is 11.3. The second kappa shape index (κ2) is 3.20. The first kappa shape index (κ1) is 9.40. The van der Waals surface area contributed by atoms with Gasteiger partial charge in [-0.15, -0.1) is 0 Å². The molecule has 2 rings (SSSR count). The van der Waals surface area contributed by atoms with E-state index in [0.29, 0.717) is 5.82 Å². The normalized spacial score (nSPS) is 19.0. The van der Waals surface area contributed by atoms with Gasteiger partial charge in [0.2, 0.25) is 0 Å². The Balaban J connectivity index is 2.44. The maximum Gasteiger partial charge on any atom is 0.251 e. The van der Waals surface area contributed by atoms with E-state index in [1.165, 1.54) is 6.07 Å². The summed E-state index contributed by atoms with van der Waals surface area (Å²) in [4.78, 5) is 18.3. The molecule has 4 nitrogen and oxygen atoms in total. The van der Waals surface area contributed by atoms with E-state index in [9.17, 15) is 4.79 Å². The molecule has 1 aliphatic rings. The van der Waals surface area contributed by atoms with Crippen LogP contribution in [0.4, 0.5) is 0 Å². The molecule has 1 N–H and O–H groups in total. The minimum atomic E-state index is -0.328. The summed E-state index contributed by atoms with van der Waals surface area (Å²) < 4.78 is 5.44. The molecular weight excluding hydrogens is 180 g/mol. The molecule has 0 saturated heterocycles. The number of hydrogen-bond donors (Lipinski definition) is 1. The maximum absolute atomic E-state index is 11.3. The molecule has 0 spiro atoms. The van der Waals surface area contributed by atoms with Crippen LogP contribution in [0.3, 0.4) is 0 Å². The molecule has 0 atom stereocenters. The Morgan fingerprint density at radius 1 is 1.57 bits per heavy atom. The van der Waals surface area contributed by atoms with Crippen LogP contribution in [0.5, 0.6) is 0 Å². The molecule has 1 saturated carbocycles. The Morgan fingerprint density at radius 2 is 2.29 bits per heavy atom. The zero-order valence-electron chi connectivity index (χ0n) is 8.46. The van der Waals surface area contributed by atoms with Gasteiger partial charge in [-0.25, -0.2) is 4.98 Å². The van der Waals surface area contributed by atoms with Crippen molar-refractivity contribution in [2.45, 2.75) is 31.8 Å². The Morgan fingerprint density at radius 3 is 2.71 bits per heavy atom. The highest BCUT2D eigenvalue weighted by atomic mass is 16.5. The minimum Gasteiger partial charge on any atom is -0.370 e. The van der Waals surface area contributed by atoms with E-state index in [1.54, 1.807) is 7.11 Å². The molecule has 0 aromatic carbocycles. The van der Waals surface area contributed by atoms with E-state index in [0.717, 1.165) is 25.0 Å². The van der Waals surface area contributed by atoms with Gasteiger partial charge in [0.25, 0.3) is 5.56 Å². The predicted octanol–water partition coefficient (Wildman–Crippen LogP) is 1.10. The lowest BCUT2D eigenvalue weighted by atomic mass is 9.79. The Hall–Kier alpha value is -1.16. The van der Waals surface area contributed by atoms with Crippen LogP contribution >= 0.6 is 0 Å². The molecule has 0 unspecified atom stereocenters. The monoisotopic (exact) mass is 194 g/mol. The molecule has 1 heterocycles. The lowest BCUT2D eigenvalue weighted by molar-refractivity contribution is -0.0849. The molecule has 1 fully saturated rings. The second-order valence-electron chi connectivity index (χ2n) is 3.79. The van der Waals surface area contributed by atoms with Crippen LogP contribution in [-0.2, 0) is 10.3 Å². The number of rotatable bonds is 2. The lowest BCUT2D eigenvalue weighted by Gasteiger charge is -2.39. The smallest absolute Gasteiger partial charge is 0.251 e. The van der Waals surface area contributed by atoms with Crippen molar-refractivity contribution in [3.63, 3.8) is 0 Å². The van der Waals surface area contributed by atoms with E-state index in [-0.39, 0.29) is 11.2 Å². The predicted molar refractivity (Wildman–Crippen MR) is 52.1 cm³/mol. The van der Waals surface area contributed by atoms with Crippen molar-refractivity contribution < 1.29 is 4.74 Å². The standard InChI is InChI=1S/C10H14N2O2/c1-7-6-8(13)12-9(11-7)10(14-2)4-3-5-10/h6H,3-5H2,1-2H3,(H,11,12,13). The van der Waals surface area contributed by atoms with Crippen LogP contribution in [0.25, 0.3) is 0 Å². The third-order valence-electron chi connectivity index (χ3n) is 2.85. The average Bonchev–Trinajstić information content (AvgIpc) is 2.01. The highest BCUT2D eigenvalue weighted by Gasteiger charge is 2.41. The molecule has 1 aromatic heterocycles. The quantitative estimate of drug-likeness (QED) is 0.767. The van der Waals surface area contributed by atoms with E-state index in [1.807, 2.05) is 6.92 Å². The highest BCUT2D eigenvalue weighted by molar-refractivity contribution is 5.11. The first-order chi connectivity index (χ1) is 6.66. The highest BCUT2D eigenvalue weighted by Crippen LogP contribution is 2.42. The van der Waals surface area contributed by atoms with Crippen LogP contribution in [0.1, 0.15) is 30.8 Å². The van der Waals surface area contributed by atoms with Gasteiger partial charge in [-0.3, -0.25) is 4.79 Å². The molecule has 0 amide bonds. The first-order valence-electron chi connectivity index (χ1n) is 4.80. The van der Waals surface area contributed by atoms with Gasteiger partial charge in [0, 0.05) is 18.9 Å². The number of aryl methyl sites for hydroxylation is 1. The second-order valence-corrected chi connectivity index (χ2v) is 3.79. The SMILES string of the molecule is COC1(c2nc(C)cc(=O)[nH]2)CCC1. The fourth-order valence-corrected chi connectivity index (χ4v) is 1.83. The number of methoxy groups -OCH3 is 1. The summed E-state index contributed by atoms with van der Waals surface area (Å²) in [5.74, 6) is 0.677. The molecule has 1 aliphatic carbocycles. The fourth-order valence-electron chi connectivity index (χ4n) is 1.83. The summed E-state index contributed by atoms with van der Waals surface area (Å²) in [5, 5.41) is 0. The summed E-state index contributed by atoms with van der Waals surface area (Å²) in [5.41, 5.74) is 0.313. The van der Waals surface area contributed by atoms with Crippen molar-refractivity contribution in [1.29, 1.82) is 0 Å². The zero-order chi connectivity index (χ0) is 10.2. The van der Waals surface area contributed by atoms with E-state index in [4.69, 9.17) is 4.74 Å². The number of ether oxygens (including phenoxy) is 1. The molecule has 4 heteroatoms. The first-order valence-corrected chi connectivity index (χ1v) is 4.80. The zero-order valence-corrected chi connectivity index (χ0v) is 8.46. The van der Waals surface area contributed by atoms with Crippen LogP contribution in [0.2, 0.25) is 0 Å². The topological polar surface area (TPSA) is 55.0 Å². The van der Waals surface area contributed by atoms with E-state index in [2.05, 4.69) is 9.97 Å².